The van der Waals surface area contributed by atoms with Crippen LogP contribution in [0.25, 0.3) is 0 Å². The zero-order valence-corrected chi connectivity index (χ0v) is 22.9. The van der Waals surface area contributed by atoms with E-state index in [4.69, 9.17) is 5.11 Å². The number of aryl methyl sites for hydroxylation is 4. The molecule has 0 bridgehead atoms. The van der Waals surface area contributed by atoms with Gasteiger partial charge < -0.3 is 30.6 Å². The van der Waals surface area contributed by atoms with Crippen LogP contribution in [0.4, 0.5) is 0 Å². The lowest BCUT2D eigenvalue weighted by molar-refractivity contribution is -0.149. The molecular weight excluding hydrogens is 456 g/mol. The highest BCUT2D eigenvalue weighted by Crippen LogP contribution is 2.30. The van der Waals surface area contributed by atoms with Crippen molar-refractivity contribution in [2.24, 2.45) is 11.8 Å². The third kappa shape index (κ3) is 7.60. The fourth-order valence-corrected chi connectivity index (χ4v) is 5.30. The second kappa shape index (κ2) is 13.1. The molecule has 6 heteroatoms. The summed E-state index contributed by atoms with van der Waals surface area (Å²) < 4.78 is 0. The summed E-state index contributed by atoms with van der Waals surface area (Å²) in [6, 6.07) is 8.57. The number of benzene rings is 2. The largest absolute Gasteiger partial charge is 0.394 e. The molecule has 2 aromatic carbocycles. The zero-order chi connectivity index (χ0) is 27.3. The molecule has 0 saturated carbocycles. The fourth-order valence-electron chi connectivity index (χ4n) is 5.30. The van der Waals surface area contributed by atoms with Crippen molar-refractivity contribution in [3.05, 3.63) is 68.8 Å². The molecule has 0 radical (unpaired) electrons. The van der Waals surface area contributed by atoms with Gasteiger partial charge in [-0.15, -0.1) is 0 Å². The molecule has 0 fully saturated rings. The van der Waals surface area contributed by atoms with Gasteiger partial charge in [0, 0.05) is 0 Å². The molecule has 2 aromatic rings. The number of aliphatic hydroxyl groups is 6. The minimum absolute atomic E-state index is 0.174. The van der Waals surface area contributed by atoms with Crippen molar-refractivity contribution >= 4 is 0 Å². The van der Waals surface area contributed by atoms with Gasteiger partial charge in [-0.2, -0.15) is 0 Å². The predicted octanol–water partition coefficient (Wildman–Crippen LogP) is 2.76. The molecule has 0 aromatic heterocycles. The first kappa shape index (κ1) is 30.4. The number of hydrogen-bond donors (Lipinski definition) is 6. The van der Waals surface area contributed by atoms with Gasteiger partial charge in [0.15, 0.2) is 0 Å². The zero-order valence-electron chi connectivity index (χ0n) is 22.9. The van der Waals surface area contributed by atoms with Gasteiger partial charge >= 0.3 is 0 Å². The lowest BCUT2D eigenvalue weighted by Crippen LogP contribution is -2.52. The first-order valence-corrected chi connectivity index (χ1v) is 12.9. The van der Waals surface area contributed by atoms with E-state index in [0.29, 0.717) is 12.8 Å². The average molecular weight is 503 g/mol. The van der Waals surface area contributed by atoms with Crippen molar-refractivity contribution in [1.29, 1.82) is 0 Å². The predicted molar refractivity (Wildman–Crippen MR) is 143 cm³/mol. The van der Waals surface area contributed by atoms with Crippen LogP contribution in [-0.2, 0) is 12.8 Å². The van der Waals surface area contributed by atoms with Crippen LogP contribution in [0.1, 0.15) is 57.9 Å². The van der Waals surface area contributed by atoms with E-state index >= 15 is 0 Å². The quantitative estimate of drug-likeness (QED) is 0.265. The molecule has 6 N–H and O–H groups in total. The van der Waals surface area contributed by atoms with Crippen LogP contribution in [0.2, 0.25) is 0 Å². The SMILES string of the molecule is Cc1cc(C)c(C)c(CC(C)CC(Cc2cc(C)cc(C)c2C)C(O)[C@@H](O)[C@@H](O)[C@H](O)[C@@H](O)CO)c1. The van der Waals surface area contributed by atoms with Gasteiger partial charge in [0.25, 0.3) is 0 Å². The van der Waals surface area contributed by atoms with E-state index in [2.05, 4.69) is 52.0 Å². The third-order valence-electron chi connectivity index (χ3n) is 7.71. The van der Waals surface area contributed by atoms with Gasteiger partial charge in [0.05, 0.1) is 12.7 Å². The lowest BCUT2D eigenvalue weighted by atomic mass is 9.79. The maximum absolute atomic E-state index is 11.2. The van der Waals surface area contributed by atoms with Crippen LogP contribution >= 0.6 is 0 Å². The molecule has 0 saturated heterocycles. The highest BCUT2D eigenvalue weighted by atomic mass is 16.4. The minimum atomic E-state index is -1.80. The molecule has 0 spiro atoms. The second-order valence-electron chi connectivity index (χ2n) is 11.0. The molecule has 202 valence electrons. The first-order chi connectivity index (χ1) is 16.8. The Balaban J connectivity index is 2.34. The summed E-state index contributed by atoms with van der Waals surface area (Å²) in [5, 5.41) is 61.4. The minimum Gasteiger partial charge on any atom is -0.394 e. The smallest absolute Gasteiger partial charge is 0.111 e. The summed E-state index contributed by atoms with van der Waals surface area (Å²) in [5.41, 5.74) is 9.43. The van der Waals surface area contributed by atoms with E-state index in [9.17, 15) is 25.5 Å². The van der Waals surface area contributed by atoms with E-state index in [1.54, 1.807) is 0 Å². The summed E-state index contributed by atoms with van der Waals surface area (Å²) in [4.78, 5) is 0. The Labute approximate surface area is 216 Å². The summed E-state index contributed by atoms with van der Waals surface area (Å²) in [6.45, 7) is 13.8. The third-order valence-corrected chi connectivity index (χ3v) is 7.71. The highest BCUT2D eigenvalue weighted by molar-refractivity contribution is 5.38. The molecule has 6 nitrogen and oxygen atoms in total. The lowest BCUT2D eigenvalue weighted by Gasteiger charge is -2.34. The molecule has 3 unspecified atom stereocenters. The molecule has 36 heavy (non-hydrogen) atoms. The Kier molecular flexibility index (Phi) is 11.1. The van der Waals surface area contributed by atoms with Crippen LogP contribution in [0.15, 0.2) is 24.3 Å². The van der Waals surface area contributed by atoms with Crippen LogP contribution in [0, 0.1) is 53.4 Å². The Morgan fingerprint density at radius 2 is 1.06 bits per heavy atom. The monoisotopic (exact) mass is 502 g/mol. The summed E-state index contributed by atoms with van der Waals surface area (Å²) in [5.74, 6) is -0.234. The van der Waals surface area contributed by atoms with Gasteiger partial charge in [-0.1, -0.05) is 42.3 Å². The maximum atomic E-state index is 11.2. The van der Waals surface area contributed by atoms with E-state index in [-0.39, 0.29) is 5.92 Å². The standard InChI is InChI=1S/C30H46O6/c1-16-8-19(4)21(6)23(10-16)12-18(3)13-25(14-24-11-17(2)9-20(5)22(24)7)27(33)29(35)30(36)28(34)26(32)15-31/h8-11,18,25-36H,12-15H2,1-7H3/t18?,25?,26-,27?,28+,29+,30-/m0/s1. The van der Waals surface area contributed by atoms with Crippen molar-refractivity contribution in [2.45, 2.75) is 98.2 Å². The molecular formula is C30H46O6. The first-order valence-electron chi connectivity index (χ1n) is 12.9. The highest BCUT2D eigenvalue weighted by Gasteiger charge is 2.38. The van der Waals surface area contributed by atoms with Gasteiger partial charge in [-0.05, 0) is 106 Å². The van der Waals surface area contributed by atoms with Gasteiger partial charge in [-0.25, -0.2) is 0 Å². The van der Waals surface area contributed by atoms with Crippen LogP contribution in [-0.4, -0.2) is 67.8 Å². The van der Waals surface area contributed by atoms with Crippen LogP contribution < -0.4 is 0 Å². The number of rotatable bonds is 12. The van der Waals surface area contributed by atoms with Gasteiger partial charge in [-0.3, -0.25) is 0 Å². The van der Waals surface area contributed by atoms with Crippen LogP contribution in [0.3, 0.4) is 0 Å². The average Bonchev–Trinajstić information content (AvgIpc) is 2.82. The Morgan fingerprint density at radius 1 is 0.611 bits per heavy atom. The topological polar surface area (TPSA) is 121 Å². The van der Waals surface area contributed by atoms with Gasteiger partial charge in [0.2, 0.25) is 0 Å². The van der Waals surface area contributed by atoms with E-state index in [1.165, 1.54) is 22.3 Å². The molecule has 7 atom stereocenters. The Hall–Kier alpha value is -1.80. The molecule has 2 rings (SSSR count). The van der Waals surface area contributed by atoms with Crippen molar-refractivity contribution in [3.63, 3.8) is 0 Å². The molecule has 0 aliphatic heterocycles. The molecule has 0 aliphatic carbocycles. The summed E-state index contributed by atoms with van der Waals surface area (Å²) in [6.07, 6.45) is -6.34. The normalized spacial score (nSPS) is 17.8. The number of hydrogen-bond acceptors (Lipinski definition) is 6. The Morgan fingerprint density at radius 3 is 1.53 bits per heavy atom. The van der Waals surface area contributed by atoms with Crippen LogP contribution in [0.5, 0.6) is 0 Å². The summed E-state index contributed by atoms with van der Waals surface area (Å²) >= 11 is 0. The van der Waals surface area contributed by atoms with E-state index in [1.807, 2.05) is 20.8 Å². The van der Waals surface area contributed by atoms with Crippen molar-refractivity contribution in [1.82, 2.24) is 0 Å². The van der Waals surface area contributed by atoms with E-state index in [0.717, 1.165) is 28.7 Å². The molecule has 0 heterocycles. The van der Waals surface area contributed by atoms with E-state index < -0.39 is 43.0 Å². The Bertz CT molecular complexity index is 1000. The van der Waals surface area contributed by atoms with Crippen molar-refractivity contribution in [2.75, 3.05) is 6.61 Å². The molecule has 0 aliphatic rings. The van der Waals surface area contributed by atoms with Crippen molar-refractivity contribution in [3.8, 4) is 0 Å². The summed E-state index contributed by atoms with van der Waals surface area (Å²) in [7, 11) is 0. The van der Waals surface area contributed by atoms with Crippen molar-refractivity contribution < 1.29 is 30.6 Å². The van der Waals surface area contributed by atoms with Gasteiger partial charge in [0.1, 0.15) is 24.4 Å². The fraction of sp³-hybridized carbons (Fsp3) is 0.600. The number of aliphatic hydroxyl groups excluding tert-OH is 6. The maximum Gasteiger partial charge on any atom is 0.111 e. The molecule has 0 amide bonds. The second-order valence-corrected chi connectivity index (χ2v) is 11.0.